The predicted octanol–water partition coefficient (Wildman–Crippen LogP) is 4.20. The first-order chi connectivity index (χ1) is 13.5. The van der Waals surface area contributed by atoms with Crippen molar-refractivity contribution in [3.8, 4) is 0 Å². The second-order valence-electron chi connectivity index (χ2n) is 6.97. The summed E-state index contributed by atoms with van der Waals surface area (Å²) in [6, 6.07) is 12.9. The van der Waals surface area contributed by atoms with E-state index in [1.165, 1.54) is 0 Å². The Labute approximate surface area is 173 Å². The fraction of sp³-hybridized carbons (Fsp3) is 0.286. The Kier molecular flexibility index (Phi) is 5.49. The van der Waals surface area contributed by atoms with E-state index < -0.39 is 0 Å². The van der Waals surface area contributed by atoms with Crippen molar-refractivity contribution in [3.05, 3.63) is 69.5 Å². The molecule has 0 bridgehead atoms. The molecule has 0 unspecified atom stereocenters. The SMILES string of the molecule is Cc1nc2ccccc2nc1CN1CCN(C(=O)c2cc(Cl)cc(Cl)c2)CC1. The van der Waals surface area contributed by atoms with Crippen LogP contribution in [0.15, 0.2) is 42.5 Å². The van der Waals surface area contributed by atoms with Crippen LogP contribution in [0.1, 0.15) is 21.7 Å². The Balaban J connectivity index is 1.42. The van der Waals surface area contributed by atoms with E-state index in [9.17, 15) is 4.79 Å². The summed E-state index contributed by atoms with van der Waals surface area (Å²) >= 11 is 12.1. The minimum absolute atomic E-state index is 0.0364. The van der Waals surface area contributed by atoms with Gasteiger partial charge in [-0.3, -0.25) is 9.69 Å². The van der Waals surface area contributed by atoms with Gasteiger partial charge in [0, 0.05) is 48.3 Å². The minimum Gasteiger partial charge on any atom is -0.336 e. The number of para-hydroxylation sites is 2. The van der Waals surface area contributed by atoms with E-state index in [-0.39, 0.29) is 5.91 Å². The quantitative estimate of drug-likeness (QED) is 0.644. The Morgan fingerprint density at radius 2 is 1.57 bits per heavy atom. The van der Waals surface area contributed by atoms with Crippen molar-refractivity contribution >= 4 is 40.1 Å². The molecule has 0 spiro atoms. The lowest BCUT2D eigenvalue weighted by molar-refractivity contribution is 0.0626. The fourth-order valence-corrected chi connectivity index (χ4v) is 3.98. The molecule has 7 heteroatoms. The molecule has 2 aromatic carbocycles. The number of halogens is 2. The molecule has 4 rings (SSSR count). The van der Waals surface area contributed by atoms with E-state index in [1.807, 2.05) is 36.1 Å². The molecule has 1 amide bonds. The van der Waals surface area contributed by atoms with Gasteiger partial charge in [-0.05, 0) is 37.3 Å². The summed E-state index contributed by atoms with van der Waals surface area (Å²) in [5.74, 6) is -0.0364. The molecule has 144 valence electrons. The predicted molar refractivity (Wildman–Crippen MR) is 112 cm³/mol. The second kappa shape index (κ2) is 8.03. The van der Waals surface area contributed by atoms with E-state index in [1.54, 1.807) is 18.2 Å². The van der Waals surface area contributed by atoms with Gasteiger partial charge in [0.2, 0.25) is 0 Å². The van der Waals surface area contributed by atoms with Crippen LogP contribution in [-0.2, 0) is 6.54 Å². The summed E-state index contributed by atoms with van der Waals surface area (Å²) < 4.78 is 0. The lowest BCUT2D eigenvalue weighted by atomic mass is 10.1. The number of benzene rings is 2. The molecule has 5 nitrogen and oxygen atoms in total. The van der Waals surface area contributed by atoms with Crippen LogP contribution in [0, 0.1) is 6.92 Å². The van der Waals surface area contributed by atoms with Crippen LogP contribution < -0.4 is 0 Å². The molecule has 1 fully saturated rings. The number of nitrogens with zero attached hydrogens (tertiary/aromatic N) is 4. The first kappa shape index (κ1) is 19.1. The van der Waals surface area contributed by atoms with Gasteiger partial charge in [-0.25, -0.2) is 9.97 Å². The first-order valence-corrected chi connectivity index (χ1v) is 9.95. The number of carbonyl (C=O) groups is 1. The molecule has 2 heterocycles. The Hall–Kier alpha value is -2.21. The standard InChI is InChI=1S/C21H20Cl2N4O/c1-14-20(25-19-5-3-2-4-18(19)24-14)13-26-6-8-27(9-7-26)21(28)15-10-16(22)12-17(23)11-15/h2-5,10-12H,6-9,13H2,1H3. The van der Waals surface area contributed by atoms with Crippen molar-refractivity contribution in [2.75, 3.05) is 26.2 Å². The molecule has 1 saturated heterocycles. The van der Waals surface area contributed by atoms with Gasteiger partial charge in [0.15, 0.2) is 0 Å². The lowest BCUT2D eigenvalue weighted by Gasteiger charge is -2.34. The maximum Gasteiger partial charge on any atom is 0.254 e. The van der Waals surface area contributed by atoms with Crippen LogP contribution in [0.5, 0.6) is 0 Å². The summed E-state index contributed by atoms with van der Waals surface area (Å²) in [4.78, 5) is 26.3. The number of hydrogen-bond donors (Lipinski definition) is 0. The third-order valence-electron chi connectivity index (χ3n) is 4.99. The van der Waals surface area contributed by atoms with Gasteiger partial charge < -0.3 is 4.90 Å². The normalized spacial score (nSPS) is 15.2. The summed E-state index contributed by atoms with van der Waals surface area (Å²) in [6.07, 6.45) is 0. The topological polar surface area (TPSA) is 49.3 Å². The van der Waals surface area contributed by atoms with Crippen LogP contribution in [0.3, 0.4) is 0 Å². The van der Waals surface area contributed by atoms with Gasteiger partial charge >= 0.3 is 0 Å². The maximum absolute atomic E-state index is 12.7. The van der Waals surface area contributed by atoms with Gasteiger partial charge in [0.05, 0.1) is 22.4 Å². The van der Waals surface area contributed by atoms with Crippen molar-refractivity contribution < 1.29 is 4.79 Å². The lowest BCUT2D eigenvalue weighted by Crippen LogP contribution is -2.48. The molecule has 0 aliphatic carbocycles. The van der Waals surface area contributed by atoms with Crippen molar-refractivity contribution in [1.82, 2.24) is 19.8 Å². The number of rotatable bonds is 3. The van der Waals surface area contributed by atoms with Crippen LogP contribution >= 0.6 is 23.2 Å². The molecule has 1 aromatic heterocycles. The second-order valence-corrected chi connectivity index (χ2v) is 7.84. The zero-order chi connectivity index (χ0) is 19.7. The number of piperazine rings is 1. The summed E-state index contributed by atoms with van der Waals surface area (Å²) in [5.41, 5.74) is 4.29. The van der Waals surface area contributed by atoms with Crippen molar-refractivity contribution in [1.29, 1.82) is 0 Å². The average molecular weight is 415 g/mol. The summed E-state index contributed by atoms with van der Waals surface area (Å²) in [6.45, 7) is 5.61. The number of fused-ring (bicyclic) bond motifs is 1. The largest absolute Gasteiger partial charge is 0.336 e. The van der Waals surface area contributed by atoms with Gasteiger partial charge in [-0.1, -0.05) is 35.3 Å². The number of aromatic nitrogens is 2. The monoisotopic (exact) mass is 414 g/mol. The molecule has 0 N–H and O–H groups in total. The van der Waals surface area contributed by atoms with Crippen LogP contribution in [-0.4, -0.2) is 51.9 Å². The minimum atomic E-state index is -0.0364. The molecule has 1 aliphatic rings. The summed E-state index contributed by atoms with van der Waals surface area (Å²) in [7, 11) is 0. The van der Waals surface area contributed by atoms with Gasteiger partial charge in [0.1, 0.15) is 0 Å². The third kappa shape index (κ3) is 4.12. The van der Waals surface area contributed by atoms with Gasteiger partial charge in [-0.2, -0.15) is 0 Å². The van der Waals surface area contributed by atoms with E-state index in [0.717, 1.165) is 42.1 Å². The Morgan fingerprint density at radius 1 is 0.964 bits per heavy atom. The highest BCUT2D eigenvalue weighted by Gasteiger charge is 2.23. The number of amides is 1. The number of hydrogen-bond acceptors (Lipinski definition) is 4. The fourth-order valence-electron chi connectivity index (χ4n) is 3.46. The molecule has 28 heavy (non-hydrogen) atoms. The van der Waals surface area contributed by atoms with E-state index in [2.05, 4.69) is 9.88 Å². The molecule has 0 atom stereocenters. The average Bonchev–Trinajstić information content (AvgIpc) is 2.68. The van der Waals surface area contributed by atoms with E-state index >= 15 is 0 Å². The highest BCUT2D eigenvalue weighted by molar-refractivity contribution is 6.35. The van der Waals surface area contributed by atoms with Crippen molar-refractivity contribution in [2.45, 2.75) is 13.5 Å². The van der Waals surface area contributed by atoms with E-state index in [4.69, 9.17) is 28.2 Å². The van der Waals surface area contributed by atoms with Gasteiger partial charge in [-0.15, -0.1) is 0 Å². The van der Waals surface area contributed by atoms with Crippen LogP contribution in [0.2, 0.25) is 10.0 Å². The Bertz CT molecular complexity index is 1010. The molecular weight excluding hydrogens is 395 g/mol. The highest BCUT2D eigenvalue weighted by atomic mass is 35.5. The maximum atomic E-state index is 12.7. The zero-order valence-electron chi connectivity index (χ0n) is 15.5. The zero-order valence-corrected chi connectivity index (χ0v) is 17.0. The van der Waals surface area contributed by atoms with E-state index in [0.29, 0.717) is 28.7 Å². The smallest absolute Gasteiger partial charge is 0.254 e. The molecule has 0 radical (unpaired) electrons. The molecule has 1 aliphatic heterocycles. The van der Waals surface area contributed by atoms with Crippen LogP contribution in [0.25, 0.3) is 11.0 Å². The molecular formula is C21H20Cl2N4O. The van der Waals surface area contributed by atoms with Crippen molar-refractivity contribution in [2.24, 2.45) is 0 Å². The van der Waals surface area contributed by atoms with Crippen molar-refractivity contribution in [3.63, 3.8) is 0 Å². The van der Waals surface area contributed by atoms with Crippen LogP contribution in [0.4, 0.5) is 0 Å². The molecule has 0 saturated carbocycles. The van der Waals surface area contributed by atoms with Gasteiger partial charge in [0.25, 0.3) is 5.91 Å². The molecule has 3 aromatic rings. The number of carbonyl (C=O) groups excluding carboxylic acids is 1. The summed E-state index contributed by atoms with van der Waals surface area (Å²) in [5, 5.41) is 0.944. The first-order valence-electron chi connectivity index (χ1n) is 9.19. The Morgan fingerprint density at radius 3 is 2.21 bits per heavy atom. The number of aryl methyl sites for hydroxylation is 1. The highest BCUT2D eigenvalue weighted by Crippen LogP contribution is 2.21. The third-order valence-corrected chi connectivity index (χ3v) is 5.42.